The van der Waals surface area contributed by atoms with Gasteiger partial charge in [-0.3, -0.25) is 4.68 Å². The Morgan fingerprint density at radius 3 is 1.20 bits per heavy atom. The van der Waals surface area contributed by atoms with E-state index in [1.807, 2.05) is 0 Å². The van der Waals surface area contributed by atoms with Crippen LogP contribution < -0.4 is 9.78 Å². The minimum absolute atomic E-state index is 0.585. The summed E-state index contributed by atoms with van der Waals surface area (Å²) in [6, 6.07) is 121. The fourth-order valence-corrected chi connectivity index (χ4v) is 15.6. The van der Waals surface area contributed by atoms with E-state index in [9.17, 15) is 0 Å². The Morgan fingerprint density at radius 1 is 0.223 bits per heavy atom. The van der Waals surface area contributed by atoms with E-state index in [0.29, 0.717) is 6.54 Å². The van der Waals surface area contributed by atoms with Crippen LogP contribution in [0.1, 0.15) is 5.56 Å². The minimum Gasteiger partial charge on any atom is -0.408 e. The van der Waals surface area contributed by atoms with Gasteiger partial charge in [-0.2, -0.15) is 0 Å². The normalized spacial score (nSPS) is 12.1. The van der Waals surface area contributed by atoms with Crippen molar-refractivity contribution in [2.24, 2.45) is 0 Å². The molecule has 0 bridgehead atoms. The van der Waals surface area contributed by atoms with Crippen molar-refractivity contribution in [3.63, 3.8) is 0 Å². The summed E-state index contributed by atoms with van der Waals surface area (Å²) in [6.45, 7) is 0.585. The van der Waals surface area contributed by atoms with Crippen molar-refractivity contribution < 1.29 is 4.68 Å². The Hall–Kier alpha value is -12.5. The van der Waals surface area contributed by atoms with Gasteiger partial charge < -0.3 is 23.4 Å². The maximum atomic E-state index is 5.57. The van der Waals surface area contributed by atoms with Gasteiger partial charge in [-0.25, -0.2) is 0 Å². The van der Waals surface area contributed by atoms with Crippen LogP contribution in [0, 0.1) is 0 Å². The zero-order valence-electron chi connectivity index (χ0n) is 51.1. The van der Waals surface area contributed by atoms with E-state index >= 15 is 0 Å². The standard InChI is InChI=1S/C88H56N6/c1-3-20-65(21-4-1)91-81-32-15-11-28-72(81)77-51-60(40-46-83(77)91)62-38-43-74-70-26-9-13-30-79(70)93(85(74)53-62)67-24-17-19-64(50-67)88-76-45-37-57-18-7-8-25-69(57)87(76)89-90(88)55-56-34-35-59-49-68(42-36-58(59)48-56)94-80-31-14-10-27-71(80)75-44-39-63(54-86(75)94)61-41-47-84-78(52-61)73-29-12-16-33-82(73)92(84)66-22-5-2-6-23-66/h1-54H,55H2. The number of rotatable bonds is 9. The molecule has 0 spiro atoms. The van der Waals surface area contributed by atoms with Crippen LogP contribution in [0.15, 0.2) is 328 Å². The molecule has 0 radical (unpaired) electrons. The molecule has 20 aromatic rings. The van der Waals surface area contributed by atoms with Crippen LogP contribution in [-0.2, 0) is 6.54 Å². The van der Waals surface area contributed by atoms with Crippen LogP contribution in [-0.4, -0.2) is 18.3 Å². The Labute approximate surface area is 540 Å². The molecule has 0 N–H and O–H groups in total. The first-order chi connectivity index (χ1) is 46.6. The molecule has 0 fully saturated rings. The highest BCUT2D eigenvalue weighted by molar-refractivity contribution is 6.15. The molecule has 0 atom stereocenters. The average molecular weight is 1200 g/mol. The topological polar surface area (TPSA) is 37.7 Å². The molecule has 94 heavy (non-hydrogen) atoms. The lowest BCUT2D eigenvalue weighted by atomic mass is 10.0. The maximum absolute atomic E-state index is 5.57. The Morgan fingerprint density at radius 2 is 0.628 bits per heavy atom. The van der Waals surface area contributed by atoms with Gasteiger partial charge in [-0.05, 0) is 171 Å². The SMILES string of the molecule is c1ccc(-n2c3ccccc3c3cc(-c4ccc5c6ccccc6n(-c6cccc(-c7c8ccc9ccccc9c8[n-][n+]7Cc7ccc8cc(-n9c%10ccccc%10c%10ccc(-c%11ccc%12c(c%11)c%11ccccc%11n%12-c%11ccccc%11)cc%109)ccc8c7)c6)c5c4)ccc32)cc1. The molecule has 5 heterocycles. The van der Waals surface area contributed by atoms with Crippen LogP contribution in [0.2, 0.25) is 0 Å². The van der Waals surface area contributed by atoms with E-state index in [4.69, 9.17) is 5.10 Å². The van der Waals surface area contributed by atoms with Crippen molar-refractivity contribution in [1.82, 2.24) is 23.4 Å². The second-order valence-electron chi connectivity index (χ2n) is 25.1. The van der Waals surface area contributed by atoms with Gasteiger partial charge in [-0.1, -0.05) is 206 Å². The molecule has 5 aromatic heterocycles. The van der Waals surface area contributed by atoms with Crippen LogP contribution in [0.4, 0.5) is 0 Å². The molecule has 15 aromatic carbocycles. The third-order valence-electron chi connectivity index (χ3n) is 19.9. The summed E-state index contributed by atoms with van der Waals surface area (Å²) in [5.74, 6) is 0. The maximum Gasteiger partial charge on any atom is 0.209 e. The summed E-state index contributed by atoms with van der Waals surface area (Å²) in [6.07, 6.45) is 0. The summed E-state index contributed by atoms with van der Waals surface area (Å²) in [7, 11) is 0. The van der Waals surface area contributed by atoms with Crippen molar-refractivity contribution >= 4 is 120 Å². The predicted octanol–water partition coefficient (Wildman–Crippen LogP) is 21.8. The van der Waals surface area contributed by atoms with Crippen LogP contribution in [0.3, 0.4) is 0 Å². The number of aromatic nitrogens is 6. The summed E-state index contributed by atoms with van der Waals surface area (Å²) in [5, 5.41) is 21.2. The zero-order valence-corrected chi connectivity index (χ0v) is 51.1. The predicted molar refractivity (Wildman–Crippen MR) is 392 cm³/mol. The van der Waals surface area contributed by atoms with Gasteiger partial charge in [0.25, 0.3) is 0 Å². The van der Waals surface area contributed by atoms with Crippen molar-refractivity contribution in [1.29, 1.82) is 0 Å². The smallest absolute Gasteiger partial charge is 0.209 e. The summed E-state index contributed by atoms with van der Waals surface area (Å²) >= 11 is 0. The number of nitrogens with zero attached hydrogens (tertiary/aromatic N) is 6. The monoisotopic (exact) mass is 1200 g/mol. The Bertz CT molecular complexity index is 6510. The first-order valence-corrected chi connectivity index (χ1v) is 32.4. The third-order valence-corrected chi connectivity index (χ3v) is 19.9. The average Bonchev–Trinajstić information content (AvgIpc) is 1.60. The van der Waals surface area contributed by atoms with Gasteiger partial charge in [0.05, 0.1) is 44.1 Å². The highest BCUT2D eigenvalue weighted by atomic mass is 15.3. The van der Waals surface area contributed by atoms with E-state index in [-0.39, 0.29) is 0 Å². The molecule has 438 valence electrons. The number of para-hydroxylation sites is 6. The number of hydrogen-bond donors (Lipinski definition) is 0. The third kappa shape index (κ3) is 8.00. The lowest BCUT2D eigenvalue weighted by Crippen LogP contribution is -2.39. The molecule has 0 saturated heterocycles. The number of benzene rings is 15. The van der Waals surface area contributed by atoms with E-state index in [2.05, 4.69) is 351 Å². The van der Waals surface area contributed by atoms with E-state index in [1.54, 1.807) is 0 Å². The Kier molecular flexibility index (Phi) is 11.4. The van der Waals surface area contributed by atoms with Gasteiger partial charge in [0, 0.05) is 82.4 Å². The molecule has 20 rings (SSSR count). The molecule has 0 unspecified atom stereocenters. The van der Waals surface area contributed by atoms with Crippen LogP contribution in [0.5, 0.6) is 0 Å². The van der Waals surface area contributed by atoms with Crippen molar-refractivity contribution in [2.45, 2.75) is 6.54 Å². The minimum atomic E-state index is 0.585. The van der Waals surface area contributed by atoms with Crippen LogP contribution in [0.25, 0.3) is 176 Å². The molecule has 0 aliphatic rings. The summed E-state index contributed by atoms with van der Waals surface area (Å²) in [4.78, 5) is 0. The van der Waals surface area contributed by atoms with Crippen molar-refractivity contribution in [3.05, 3.63) is 333 Å². The molecule has 0 aliphatic carbocycles. The second kappa shape index (κ2) is 20.5. The molecule has 6 nitrogen and oxygen atoms in total. The molecule has 0 aliphatic heterocycles. The highest BCUT2D eigenvalue weighted by Gasteiger charge is 2.23. The lowest BCUT2D eigenvalue weighted by molar-refractivity contribution is -0.734. The highest BCUT2D eigenvalue weighted by Crippen LogP contribution is 2.42. The number of hydrogen-bond acceptors (Lipinski definition) is 0. The molecular weight excluding hydrogens is 1140 g/mol. The fourth-order valence-electron chi connectivity index (χ4n) is 15.6. The quantitative estimate of drug-likeness (QED) is 0.133. The van der Waals surface area contributed by atoms with Gasteiger partial charge in [-0.15, -0.1) is 0 Å². The van der Waals surface area contributed by atoms with E-state index in [1.165, 1.54) is 120 Å². The van der Waals surface area contributed by atoms with E-state index in [0.717, 1.165) is 61.3 Å². The van der Waals surface area contributed by atoms with Gasteiger partial charge in [0.15, 0.2) is 6.54 Å². The summed E-state index contributed by atoms with van der Waals surface area (Å²) in [5.41, 5.74) is 23.1. The fraction of sp³-hybridized carbons (Fsp3) is 0.0114. The van der Waals surface area contributed by atoms with Crippen LogP contribution >= 0.6 is 0 Å². The molecular formula is C88H56N6. The zero-order chi connectivity index (χ0) is 61.5. The molecule has 6 heteroatoms. The molecule has 0 amide bonds. The van der Waals surface area contributed by atoms with Gasteiger partial charge in [0.2, 0.25) is 5.69 Å². The first kappa shape index (κ1) is 52.3. The largest absolute Gasteiger partial charge is 0.408 e. The van der Waals surface area contributed by atoms with Gasteiger partial charge >= 0.3 is 0 Å². The summed E-state index contributed by atoms with van der Waals surface area (Å²) < 4.78 is 11.9. The number of fused-ring (bicyclic) bond motifs is 16. The van der Waals surface area contributed by atoms with Crippen molar-refractivity contribution in [2.75, 3.05) is 0 Å². The van der Waals surface area contributed by atoms with E-state index < -0.39 is 0 Å². The van der Waals surface area contributed by atoms with Gasteiger partial charge in [0.1, 0.15) is 0 Å². The molecule has 0 saturated carbocycles. The first-order valence-electron chi connectivity index (χ1n) is 32.4. The van der Waals surface area contributed by atoms with Crippen molar-refractivity contribution in [3.8, 4) is 56.3 Å². The second-order valence-corrected chi connectivity index (χ2v) is 25.1. The Balaban J connectivity index is 0.677. The lowest BCUT2D eigenvalue weighted by Gasteiger charge is -2.12.